The second-order valence-corrected chi connectivity index (χ2v) is 5.63. The Morgan fingerprint density at radius 1 is 1.45 bits per heavy atom. The highest BCUT2D eigenvalue weighted by molar-refractivity contribution is 7.99. The third kappa shape index (κ3) is 2.82. The van der Waals surface area contributed by atoms with Gasteiger partial charge in [-0.1, -0.05) is 24.6 Å². The Morgan fingerprint density at radius 2 is 2.25 bits per heavy atom. The first-order valence-electron chi connectivity index (χ1n) is 6.45. The zero-order chi connectivity index (χ0) is 13.9. The van der Waals surface area contributed by atoms with Gasteiger partial charge in [0.05, 0.1) is 5.75 Å². The van der Waals surface area contributed by atoms with Crippen LogP contribution in [0.5, 0.6) is 0 Å². The largest absolute Gasteiger partial charge is 0.353 e. The van der Waals surface area contributed by atoms with Gasteiger partial charge in [0.25, 0.3) is 11.3 Å². The number of nitrogens with one attached hydrogen (secondary N) is 2. The number of H-pyrrole nitrogens is 1. The van der Waals surface area contributed by atoms with Gasteiger partial charge in [-0.05, 0) is 12.8 Å². The molecule has 0 aromatic carbocycles. The summed E-state index contributed by atoms with van der Waals surface area (Å²) in [4.78, 5) is 25.4. The third-order valence-electron chi connectivity index (χ3n) is 3.19. The standard InChI is InChI=1S/C11H14N6O2S/c18-8-5-12-17-10(14-8)15-16-11(17)20-6-9(19)13-7-3-1-2-4-7/h5,7H,1-4,6H2,(H,13,19)(H,14,15,18). The molecule has 1 saturated carbocycles. The van der Waals surface area contributed by atoms with Crippen LogP contribution >= 0.6 is 11.8 Å². The quantitative estimate of drug-likeness (QED) is 0.767. The molecule has 2 N–H and O–H groups in total. The van der Waals surface area contributed by atoms with Crippen molar-refractivity contribution in [1.29, 1.82) is 0 Å². The average Bonchev–Trinajstić information content (AvgIpc) is 3.05. The number of carbonyl (C=O) groups is 1. The summed E-state index contributed by atoms with van der Waals surface area (Å²) < 4.78 is 1.41. The lowest BCUT2D eigenvalue weighted by Gasteiger charge is -2.10. The molecule has 1 fully saturated rings. The summed E-state index contributed by atoms with van der Waals surface area (Å²) >= 11 is 1.25. The Morgan fingerprint density at radius 3 is 3.05 bits per heavy atom. The summed E-state index contributed by atoms with van der Waals surface area (Å²) in [6.07, 6.45) is 5.65. The van der Waals surface area contributed by atoms with Crippen molar-refractivity contribution in [1.82, 2.24) is 30.1 Å². The molecule has 0 spiro atoms. The van der Waals surface area contributed by atoms with Gasteiger partial charge >= 0.3 is 0 Å². The van der Waals surface area contributed by atoms with Crippen molar-refractivity contribution < 1.29 is 4.79 Å². The molecule has 0 saturated heterocycles. The zero-order valence-corrected chi connectivity index (χ0v) is 11.5. The van der Waals surface area contributed by atoms with Crippen molar-refractivity contribution in [2.24, 2.45) is 0 Å². The lowest BCUT2D eigenvalue weighted by Crippen LogP contribution is -2.33. The first-order valence-corrected chi connectivity index (χ1v) is 7.44. The molecule has 1 aliphatic carbocycles. The van der Waals surface area contributed by atoms with Gasteiger partial charge in [-0.25, -0.2) is 0 Å². The minimum atomic E-state index is -0.333. The van der Waals surface area contributed by atoms with Gasteiger partial charge in [0, 0.05) is 6.04 Å². The first-order chi connectivity index (χ1) is 9.72. The smallest absolute Gasteiger partial charge is 0.271 e. The highest BCUT2D eigenvalue weighted by atomic mass is 32.2. The van der Waals surface area contributed by atoms with Crippen LogP contribution in [0.25, 0.3) is 5.78 Å². The van der Waals surface area contributed by atoms with E-state index in [9.17, 15) is 9.59 Å². The second-order valence-electron chi connectivity index (χ2n) is 4.69. The molecule has 2 heterocycles. The van der Waals surface area contributed by atoms with E-state index in [0.717, 1.165) is 19.0 Å². The van der Waals surface area contributed by atoms with Crippen LogP contribution in [0.2, 0.25) is 0 Å². The molecule has 0 aliphatic heterocycles. The van der Waals surface area contributed by atoms with E-state index in [-0.39, 0.29) is 23.0 Å². The summed E-state index contributed by atoms with van der Waals surface area (Å²) in [5.74, 6) is 0.525. The molecule has 3 rings (SSSR count). The minimum Gasteiger partial charge on any atom is -0.353 e. The Kier molecular flexibility index (Phi) is 3.68. The normalized spacial score (nSPS) is 15.8. The molecule has 0 radical (unpaired) electrons. The van der Waals surface area contributed by atoms with E-state index in [1.54, 1.807) is 0 Å². The van der Waals surface area contributed by atoms with E-state index < -0.39 is 0 Å². The van der Waals surface area contributed by atoms with E-state index in [4.69, 9.17) is 0 Å². The van der Waals surface area contributed by atoms with Gasteiger partial charge in [0.2, 0.25) is 11.1 Å². The van der Waals surface area contributed by atoms with Crippen molar-refractivity contribution in [2.75, 3.05) is 5.75 Å². The van der Waals surface area contributed by atoms with Crippen LogP contribution in [-0.4, -0.2) is 42.5 Å². The number of carbonyl (C=O) groups excluding carboxylic acids is 1. The molecule has 9 heteroatoms. The summed E-state index contributed by atoms with van der Waals surface area (Å²) in [5, 5.41) is 15.1. The van der Waals surface area contributed by atoms with Crippen LogP contribution in [-0.2, 0) is 4.79 Å². The maximum atomic E-state index is 11.8. The molecule has 0 bridgehead atoms. The number of nitrogens with zero attached hydrogens (tertiary/aromatic N) is 4. The van der Waals surface area contributed by atoms with E-state index in [0.29, 0.717) is 11.2 Å². The molecule has 0 unspecified atom stereocenters. The molecule has 106 valence electrons. The SMILES string of the molecule is O=C(CSc1nnc2[nH]c(=O)cnn12)NC1CCCC1. The summed E-state index contributed by atoms with van der Waals surface area (Å²) in [7, 11) is 0. The van der Waals surface area contributed by atoms with Gasteiger partial charge in [0.15, 0.2) is 0 Å². The number of amides is 1. The number of fused-ring (bicyclic) bond motifs is 1. The summed E-state index contributed by atoms with van der Waals surface area (Å²) in [5.41, 5.74) is -0.333. The predicted molar refractivity (Wildman–Crippen MR) is 72.5 cm³/mol. The van der Waals surface area contributed by atoms with Gasteiger partial charge in [0.1, 0.15) is 6.20 Å². The van der Waals surface area contributed by atoms with Crippen LogP contribution in [0.1, 0.15) is 25.7 Å². The number of hydrogen-bond donors (Lipinski definition) is 2. The molecular weight excluding hydrogens is 280 g/mol. The Hall–Kier alpha value is -1.90. The lowest BCUT2D eigenvalue weighted by atomic mass is 10.2. The predicted octanol–water partition coefficient (Wildman–Crippen LogP) is -0.0365. The highest BCUT2D eigenvalue weighted by Crippen LogP contribution is 2.18. The number of aromatic amines is 1. The number of thioether (sulfide) groups is 1. The van der Waals surface area contributed by atoms with Crippen molar-refractivity contribution in [2.45, 2.75) is 36.9 Å². The van der Waals surface area contributed by atoms with Crippen LogP contribution < -0.4 is 10.9 Å². The monoisotopic (exact) mass is 294 g/mol. The summed E-state index contributed by atoms with van der Waals surface area (Å²) in [6.45, 7) is 0. The molecule has 1 amide bonds. The van der Waals surface area contributed by atoms with Crippen LogP contribution in [0.3, 0.4) is 0 Å². The average molecular weight is 294 g/mol. The fraction of sp³-hybridized carbons (Fsp3) is 0.545. The van der Waals surface area contributed by atoms with Crippen LogP contribution in [0, 0.1) is 0 Å². The maximum absolute atomic E-state index is 11.8. The van der Waals surface area contributed by atoms with E-state index in [2.05, 4.69) is 25.6 Å². The Labute approximate surface area is 118 Å². The fourth-order valence-corrected chi connectivity index (χ4v) is 2.96. The Balaban J connectivity index is 1.61. The summed E-state index contributed by atoms with van der Waals surface area (Å²) in [6, 6.07) is 0.313. The van der Waals surface area contributed by atoms with Crippen molar-refractivity contribution in [3.05, 3.63) is 16.6 Å². The molecule has 2 aromatic heterocycles. The Bertz CT molecular complexity index is 675. The fourth-order valence-electron chi connectivity index (χ4n) is 2.26. The lowest BCUT2D eigenvalue weighted by molar-refractivity contribution is -0.119. The molecule has 8 nitrogen and oxygen atoms in total. The van der Waals surface area contributed by atoms with Gasteiger partial charge in [-0.3, -0.25) is 14.6 Å². The van der Waals surface area contributed by atoms with Gasteiger partial charge in [-0.15, -0.1) is 10.2 Å². The van der Waals surface area contributed by atoms with Gasteiger partial charge < -0.3 is 5.32 Å². The number of aromatic nitrogens is 5. The van der Waals surface area contributed by atoms with E-state index in [1.165, 1.54) is 29.1 Å². The van der Waals surface area contributed by atoms with Crippen molar-refractivity contribution >= 4 is 23.4 Å². The molecule has 1 aliphatic rings. The van der Waals surface area contributed by atoms with Gasteiger partial charge in [-0.2, -0.15) is 9.61 Å². The molecular formula is C11H14N6O2S. The van der Waals surface area contributed by atoms with E-state index in [1.807, 2.05) is 0 Å². The highest BCUT2D eigenvalue weighted by Gasteiger charge is 2.17. The molecule has 0 atom stereocenters. The topological polar surface area (TPSA) is 105 Å². The first kappa shape index (κ1) is 13.1. The zero-order valence-electron chi connectivity index (χ0n) is 10.7. The van der Waals surface area contributed by atoms with Crippen LogP contribution in [0.15, 0.2) is 16.1 Å². The number of hydrogen-bond acceptors (Lipinski definition) is 6. The van der Waals surface area contributed by atoms with Crippen molar-refractivity contribution in [3.63, 3.8) is 0 Å². The maximum Gasteiger partial charge on any atom is 0.271 e. The number of rotatable bonds is 4. The van der Waals surface area contributed by atoms with Crippen LogP contribution in [0.4, 0.5) is 0 Å². The minimum absolute atomic E-state index is 0.0110. The third-order valence-corrected chi connectivity index (χ3v) is 4.11. The van der Waals surface area contributed by atoms with E-state index >= 15 is 0 Å². The second kappa shape index (κ2) is 5.61. The molecule has 2 aromatic rings. The molecule has 20 heavy (non-hydrogen) atoms. The van der Waals surface area contributed by atoms with Crippen molar-refractivity contribution in [3.8, 4) is 0 Å².